The van der Waals surface area contributed by atoms with Crippen LogP contribution in [0.4, 0.5) is 0 Å². The van der Waals surface area contributed by atoms with E-state index in [0.717, 1.165) is 16.5 Å². The van der Waals surface area contributed by atoms with Crippen molar-refractivity contribution in [2.24, 2.45) is 17.8 Å². The first-order valence-electron chi connectivity index (χ1n) is 24.2. The van der Waals surface area contributed by atoms with E-state index in [1.165, 1.54) is 27.0 Å². The number of carbonyl (C=O) groups excluding carboxylic acids is 3. The quantitative estimate of drug-likeness (QED) is 0.164. The van der Waals surface area contributed by atoms with Crippen LogP contribution in [0.1, 0.15) is 107 Å². The van der Waals surface area contributed by atoms with Gasteiger partial charge in [0.25, 0.3) is 0 Å². The Kier molecular flexibility index (Phi) is 18.8. The van der Waals surface area contributed by atoms with Crippen LogP contribution in [0.5, 0.6) is 0 Å². The lowest BCUT2D eigenvalue weighted by atomic mass is 9.78. The largest absolute Gasteiger partial charge is 0.459 e. The molecule has 0 bridgehead atoms. The van der Waals surface area contributed by atoms with Gasteiger partial charge in [-0.05, 0) is 113 Å². The summed E-state index contributed by atoms with van der Waals surface area (Å²) in [5.41, 5.74) is -2.89. The van der Waals surface area contributed by atoms with Gasteiger partial charge in [0.2, 0.25) is 5.91 Å². The molecular formula is C51H79N3O14. The molecule has 18 atom stereocenters. The molecule has 3 saturated heterocycles. The van der Waals surface area contributed by atoms with Gasteiger partial charge < -0.3 is 63.4 Å². The maximum atomic E-state index is 14.6. The highest BCUT2D eigenvalue weighted by Crippen LogP contribution is 2.41. The van der Waals surface area contributed by atoms with E-state index in [1.807, 2.05) is 83.9 Å². The van der Waals surface area contributed by atoms with Gasteiger partial charge >= 0.3 is 11.9 Å². The van der Waals surface area contributed by atoms with Gasteiger partial charge in [0.05, 0.1) is 53.5 Å². The Hall–Kier alpha value is -3.62. The van der Waals surface area contributed by atoms with Crippen molar-refractivity contribution in [3.8, 4) is 0 Å². The van der Waals surface area contributed by atoms with Crippen LogP contribution in [0.15, 0.2) is 42.6 Å². The van der Waals surface area contributed by atoms with Crippen LogP contribution >= 0.6 is 0 Å². The molecule has 17 heteroatoms. The molecule has 4 N–H and O–H groups in total. The van der Waals surface area contributed by atoms with Crippen LogP contribution in [0.2, 0.25) is 0 Å². The number of pyridine rings is 1. The third-order valence-electron chi connectivity index (χ3n) is 14.4. The monoisotopic (exact) mass is 958 g/mol. The number of carbonyl (C=O) groups is 3. The lowest BCUT2D eigenvalue weighted by Gasteiger charge is -2.50. The molecule has 2 aromatic rings. The average Bonchev–Trinajstić information content (AvgIpc) is 3.28. The summed E-state index contributed by atoms with van der Waals surface area (Å²) >= 11 is 0. The van der Waals surface area contributed by atoms with Crippen LogP contribution in [0, 0.1) is 17.8 Å². The number of aliphatic hydroxyl groups is 3. The number of para-hydroxylation sites is 1. The zero-order chi connectivity index (χ0) is 50.5. The molecule has 3 aliphatic rings. The van der Waals surface area contributed by atoms with E-state index >= 15 is 0 Å². The number of aliphatic hydroxyl groups excluding tert-OH is 2. The molecule has 17 nitrogen and oxygen atoms in total. The number of likely N-dealkylation sites (N-methyl/N-ethyl adjacent to an activating group) is 1. The molecule has 3 aliphatic heterocycles. The number of amides is 1. The molecule has 1 aromatic heterocycles. The Morgan fingerprint density at radius 1 is 0.956 bits per heavy atom. The number of methoxy groups -OCH3 is 1. The Labute approximate surface area is 402 Å². The number of benzene rings is 1. The number of cyclic esters (lactones) is 1. The number of aromatic nitrogens is 1. The van der Waals surface area contributed by atoms with Gasteiger partial charge in [-0.3, -0.25) is 14.6 Å². The molecule has 4 heterocycles. The number of rotatable bonds is 12. The predicted molar refractivity (Wildman–Crippen MR) is 254 cm³/mol. The number of hydrogen-bond donors (Lipinski definition) is 4. The highest BCUT2D eigenvalue weighted by molar-refractivity contribution is 5.88. The summed E-state index contributed by atoms with van der Waals surface area (Å²) in [5.74, 6) is -4.89. The smallest absolute Gasteiger partial charge is 0.331 e. The van der Waals surface area contributed by atoms with Crippen LogP contribution in [-0.2, 0) is 52.3 Å². The van der Waals surface area contributed by atoms with Crippen molar-refractivity contribution in [3.05, 3.63) is 48.2 Å². The first-order chi connectivity index (χ1) is 31.9. The lowest BCUT2D eigenvalue weighted by Crippen LogP contribution is -2.61. The Morgan fingerprint density at radius 3 is 2.29 bits per heavy atom. The van der Waals surface area contributed by atoms with Crippen molar-refractivity contribution >= 4 is 34.8 Å². The maximum Gasteiger partial charge on any atom is 0.331 e. The van der Waals surface area contributed by atoms with Crippen molar-refractivity contribution in [2.75, 3.05) is 27.8 Å². The molecule has 0 saturated carbocycles. The van der Waals surface area contributed by atoms with Crippen LogP contribution < -0.4 is 5.32 Å². The second-order valence-corrected chi connectivity index (χ2v) is 20.2. The fourth-order valence-electron chi connectivity index (χ4n) is 10.4. The van der Waals surface area contributed by atoms with Crippen LogP contribution in [-0.4, -0.2) is 161 Å². The predicted octanol–water partition coefficient (Wildman–Crippen LogP) is 4.94. The zero-order valence-corrected chi connectivity index (χ0v) is 42.5. The molecule has 0 aliphatic carbocycles. The molecule has 0 radical (unpaired) electrons. The van der Waals surface area contributed by atoms with Crippen molar-refractivity contribution in [1.82, 2.24) is 15.2 Å². The van der Waals surface area contributed by atoms with Gasteiger partial charge in [-0.2, -0.15) is 0 Å². The minimum Gasteiger partial charge on any atom is -0.459 e. The minimum atomic E-state index is -2.04. The summed E-state index contributed by atoms with van der Waals surface area (Å²) in [5, 5.41) is 39.1. The summed E-state index contributed by atoms with van der Waals surface area (Å²) in [6.07, 6.45) is -4.68. The standard InChI is InChI=1S/C51H79N3O14/c1-15-38-51(11,60)43(57)32(7)46(58)53-28(3)25-50(10,62-16-2)44(68-48-41(56)37(54(12)13)23-29(4)63-48)30(5)42(31(6)47(59)65-38)67-40-26-49(9,61-14)45(33(8)64-40)66-39(55)22-21-34-24-35-19-17-18-20-36(35)52-27-34/h17-22,24,27-33,37-38,40-45,48,56-57,60H,15-16,23,25-26H2,1-14H3,(H,53,58)/b22-21+/t28-,29-,30+,31-,32-,33+,37+,38-,40+,41-,42+,43-,44-,45+,48+,49-,50-,51-/m1/s1. The molecule has 5 rings (SSSR count). The SMILES string of the molecule is CCO[C@]1(C)C[C@@H](C)NC(=O)[C@H](C)[C@@H](O)[C@](C)(O)[C@@H](CC)OC(=O)[C@H](C)[C@@H](O[C@H]2C[C@@](C)(OC)[C@@H](OC(=O)/C=C/c3cnc4ccccc4c3)[C@H](C)O2)[C@H](C)[C@H]1O[C@@H]1O[C@H](C)C[C@H](N(C)C)[C@H]1O. The van der Waals surface area contributed by atoms with E-state index in [0.29, 0.717) is 6.42 Å². The first kappa shape index (κ1) is 55.3. The number of ether oxygens (including phenoxy) is 8. The van der Waals surface area contributed by atoms with Crippen LogP contribution in [0.3, 0.4) is 0 Å². The summed E-state index contributed by atoms with van der Waals surface area (Å²) in [6.45, 7) is 19.2. The lowest BCUT2D eigenvalue weighted by molar-refractivity contribution is -0.320. The zero-order valence-electron chi connectivity index (χ0n) is 42.5. The van der Waals surface area contributed by atoms with Gasteiger partial charge in [-0.25, -0.2) is 4.79 Å². The number of fused-ring (bicyclic) bond motifs is 1. The molecular weight excluding hydrogens is 879 g/mol. The Balaban J connectivity index is 1.53. The fourth-order valence-corrected chi connectivity index (χ4v) is 10.4. The van der Waals surface area contributed by atoms with E-state index in [-0.39, 0.29) is 38.0 Å². The van der Waals surface area contributed by atoms with Crippen molar-refractivity contribution < 1.29 is 67.6 Å². The topological polar surface area (TPSA) is 214 Å². The summed E-state index contributed by atoms with van der Waals surface area (Å²) < 4.78 is 51.7. The molecule has 1 aromatic carbocycles. The Morgan fingerprint density at radius 2 is 1.65 bits per heavy atom. The number of esters is 2. The first-order valence-corrected chi connectivity index (χ1v) is 24.2. The molecule has 382 valence electrons. The number of hydrogen-bond acceptors (Lipinski definition) is 16. The maximum absolute atomic E-state index is 14.6. The highest BCUT2D eigenvalue weighted by atomic mass is 16.7. The average molecular weight is 958 g/mol. The van der Waals surface area contributed by atoms with Crippen LogP contribution in [0.25, 0.3) is 17.0 Å². The molecule has 1 amide bonds. The van der Waals surface area contributed by atoms with E-state index in [1.54, 1.807) is 40.0 Å². The van der Waals surface area contributed by atoms with Gasteiger partial charge in [-0.15, -0.1) is 0 Å². The number of nitrogens with one attached hydrogen (secondary N) is 1. The van der Waals surface area contributed by atoms with E-state index in [2.05, 4.69) is 10.3 Å². The third-order valence-corrected chi connectivity index (χ3v) is 14.4. The summed E-state index contributed by atoms with van der Waals surface area (Å²) in [7, 11) is 5.27. The van der Waals surface area contributed by atoms with Crippen molar-refractivity contribution in [1.29, 1.82) is 0 Å². The molecule has 0 unspecified atom stereocenters. The van der Waals surface area contributed by atoms with Crippen molar-refractivity contribution in [2.45, 2.75) is 192 Å². The van der Waals surface area contributed by atoms with Crippen molar-refractivity contribution in [3.63, 3.8) is 0 Å². The summed E-state index contributed by atoms with van der Waals surface area (Å²) in [6, 6.07) is 8.71. The highest BCUT2D eigenvalue weighted by Gasteiger charge is 2.54. The van der Waals surface area contributed by atoms with Gasteiger partial charge in [0, 0.05) is 55.8 Å². The van der Waals surface area contributed by atoms with E-state index in [4.69, 9.17) is 37.9 Å². The molecule has 3 fully saturated rings. The minimum absolute atomic E-state index is 0.0509. The van der Waals surface area contributed by atoms with E-state index in [9.17, 15) is 29.7 Å². The molecule has 0 spiro atoms. The van der Waals surface area contributed by atoms with Gasteiger partial charge in [0.1, 0.15) is 23.4 Å². The number of nitrogens with zero attached hydrogens (tertiary/aromatic N) is 2. The molecule has 68 heavy (non-hydrogen) atoms. The summed E-state index contributed by atoms with van der Waals surface area (Å²) in [4.78, 5) is 48.2. The Bertz CT molecular complexity index is 2040. The second kappa shape index (κ2) is 23.1. The van der Waals surface area contributed by atoms with Gasteiger partial charge in [-0.1, -0.05) is 39.0 Å². The van der Waals surface area contributed by atoms with Gasteiger partial charge in [0.15, 0.2) is 18.7 Å². The third kappa shape index (κ3) is 12.6. The fraction of sp³-hybridized carbons (Fsp3) is 0.725. The normalized spacial score (nSPS) is 40.4. The van der Waals surface area contributed by atoms with E-state index < -0.39 is 114 Å². The second-order valence-electron chi connectivity index (χ2n) is 20.2.